The van der Waals surface area contributed by atoms with Gasteiger partial charge in [0, 0.05) is 48.4 Å². The van der Waals surface area contributed by atoms with Gasteiger partial charge in [0.15, 0.2) is 0 Å². The first-order valence-corrected chi connectivity index (χ1v) is 13.4. The van der Waals surface area contributed by atoms with Crippen LogP contribution in [0.4, 0.5) is 46.7 Å². The molecule has 11 nitrogen and oxygen atoms in total. The summed E-state index contributed by atoms with van der Waals surface area (Å²) in [4.78, 5) is 23.8. The van der Waals surface area contributed by atoms with Gasteiger partial charge in [0.2, 0.25) is 11.8 Å². The summed E-state index contributed by atoms with van der Waals surface area (Å²) in [6.45, 7) is 2.94. The quantitative estimate of drug-likeness (QED) is 0.194. The Bertz CT molecular complexity index is 1560. The van der Waals surface area contributed by atoms with Gasteiger partial charge < -0.3 is 39.8 Å². The highest BCUT2D eigenvalue weighted by atomic mass is 19.4. The first-order valence-electron chi connectivity index (χ1n) is 13.4. The summed E-state index contributed by atoms with van der Waals surface area (Å²) < 4.78 is 60.9. The van der Waals surface area contributed by atoms with Crippen molar-refractivity contribution in [3.8, 4) is 23.1 Å². The van der Waals surface area contributed by atoms with Crippen LogP contribution in [0, 0.1) is 0 Å². The van der Waals surface area contributed by atoms with Crippen molar-refractivity contribution < 1.29 is 36.9 Å². The highest BCUT2D eigenvalue weighted by molar-refractivity contribution is 6.00. The van der Waals surface area contributed by atoms with E-state index in [1.54, 1.807) is 18.2 Å². The molecule has 0 atom stereocenters. The molecule has 1 saturated heterocycles. The van der Waals surface area contributed by atoms with Crippen molar-refractivity contribution in [3.05, 3.63) is 78.5 Å². The molecular formula is C30H29F3N6O5. The Morgan fingerprint density at radius 3 is 2.14 bits per heavy atom. The Hall–Kier alpha value is -5.24. The molecule has 1 aromatic heterocycles. The van der Waals surface area contributed by atoms with Crippen molar-refractivity contribution in [3.63, 3.8) is 0 Å². The average Bonchev–Trinajstić information content (AvgIpc) is 3.02. The highest BCUT2D eigenvalue weighted by Gasteiger charge is 2.30. The molecule has 14 heteroatoms. The fraction of sp³-hybridized carbons (Fsp3) is 0.233. The molecule has 3 N–H and O–H groups in total. The third kappa shape index (κ3) is 7.77. The lowest BCUT2D eigenvalue weighted by atomic mass is 10.2. The number of anilines is 5. The van der Waals surface area contributed by atoms with Gasteiger partial charge in [0.25, 0.3) is 0 Å². The molecule has 44 heavy (non-hydrogen) atoms. The topological polar surface area (TPSA) is 119 Å². The van der Waals surface area contributed by atoms with E-state index < -0.39 is 17.8 Å². The highest BCUT2D eigenvalue weighted by Crippen LogP contribution is 2.34. The molecule has 1 aliphatic rings. The number of urea groups is 1. The van der Waals surface area contributed by atoms with Crippen molar-refractivity contribution in [2.45, 2.75) is 6.18 Å². The molecule has 0 radical (unpaired) electrons. The van der Waals surface area contributed by atoms with Crippen molar-refractivity contribution in [1.82, 2.24) is 9.97 Å². The zero-order valence-corrected chi connectivity index (χ0v) is 23.8. The Morgan fingerprint density at radius 1 is 0.864 bits per heavy atom. The van der Waals surface area contributed by atoms with Crippen LogP contribution in [0.2, 0.25) is 0 Å². The molecular weight excluding hydrogens is 581 g/mol. The van der Waals surface area contributed by atoms with Crippen LogP contribution < -0.4 is 35.1 Å². The number of rotatable bonds is 9. The molecule has 1 aliphatic heterocycles. The number of aromatic nitrogens is 2. The maximum absolute atomic E-state index is 13.1. The van der Waals surface area contributed by atoms with Gasteiger partial charge in [0.05, 0.1) is 39.2 Å². The molecule has 2 amide bonds. The number of nitrogens with zero attached hydrogens (tertiary/aromatic N) is 3. The Balaban J connectivity index is 1.36. The summed E-state index contributed by atoms with van der Waals surface area (Å²) in [5.74, 6) is 1.02. The van der Waals surface area contributed by atoms with Gasteiger partial charge in [-0.25, -0.2) is 9.78 Å². The summed E-state index contributed by atoms with van der Waals surface area (Å²) in [6.07, 6.45) is -3.18. The number of amides is 2. The van der Waals surface area contributed by atoms with Crippen LogP contribution in [0.3, 0.4) is 0 Å². The molecule has 4 aromatic rings. The van der Waals surface area contributed by atoms with Gasteiger partial charge in [-0.2, -0.15) is 18.2 Å². The van der Waals surface area contributed by atoms with Gasteiger partial charge in [-0.05, 0) is 48.5 Å². The largest absolute Gasteiger partial charge is 0.497 e. The summed E-state index contributed by atoms with van der Waals surface area (Å²) in [5, 5.41) is 8.37. The third-order valence-corrected chi connectivity index (χ3v) is 6.51. The second-order valence-electron chi connectivity index (χ2n) is 9.49. The number of hydrogen-bond acceptors (Lipinski definition) is 9. The summed E-state index contributed by atoms with van der Waals surface area (Å²) >= 11 is 0. The maximum Gasteiger partial charge on any atom is 0.416 e. The van der Waals surface area contributed by atoms with Gasteiger partial charge in [-0.15, -0.1) is 0 Å². The van der Waals surface area contributed by atoms with E-state index in [4.69, 9.17) is 18.9 Å². The van der Waals surface area contributed by atoms with Gasteiger partial charge in [-0.3, -0.25) is 0 Å². The lowest BCUT2D eigenvalue weighted by Gasteiger charge is -2.28. The smallest absolute Gasteiger partial charge is 0.416 e. The van der Waals surface area contributed by atoms with Crippen LogP contribution in [-0.4, -0.2) is 56.5 Å². The standard InChI is InChI=1S/C30H29F3N6O5/c1-41-24-15-21(16-25(17-24)42-2)36-29(40)37-26-18-34-28(35-20-5-7-22(8-6-20)39-11-13-43-14-12-39)38-27(26)44-23-9-3-19(4-10-23)30(31,32)33/h3-10,15-18H,11-14H2,1-2H3,(H,34,35,38)(H2,36,37,40). The van der Waals surface area contributed by atoms with E-state index in [2.05, 4.69) is 30.8 Å². The maximum atomic E-state index is 13.1. The third-order valence-electron chi connectivity index (χ3n) is 6.51. The van der Waals surface area contributed by atoms with E-state index >= 15 is 0 Å². The first-order chi connectivity index (χ1) is 21.2. The van der Waals surface area contributed by atoms with Crippen LogP contribution in [0.15, 0.2) is 72.9 Å². The van der Waals surface area contributed by atoms with E-state index in [0.29, 0.717) is 36.1 Å². The molecule has 5 rings (SSSR count). The summed E-state index contributed by atoms with van der Waals surface area (Å²) in [6, 6.07) is 15.9. The predicted octanol–water partition coefficient (Wildman–Crippen LogP) is 6.53. The van der Waals surface area contributed by atoms with E-state index in [1.165, 1.54) is 20.4 Å². The van der Waals surface area contributed by atoms with Crippen LogP contribution >= 0.6 is 0 Å². The number of ether oxygens (including phenoxy) is 4. The van der Waals surface area contributed by atoms with E-state index in [9.17, 15) is 18.0 Å². The second kappa shape index (κ2) is 13.4. The van der Waals surface area contributed by atoms with Gasteiger partial charge in [-0.1, -0.05) is 0 Å². The van der Waals surface area contributed by atoms with E-state index in [0.717, 1.165) is 43.0 Å². The predicted molar refractivity (Wildman–Crippen MR) is 158 cm³/mol. The molecule has 0 unspecified atom stereocenters. The fourth-order valence-corrected chi connectivity index (χ4v) is 4.28. The fourth-order valence-electron chi connectivity index (χ4n) is 4.28. The molecule has 0 spiro atoms. The van der Waals surface area contributed by atoms with Gasteiger partial charge in [0.1, 0.15) is 22.9 Å². The SMILES string of the molecule is COc1cc(NC(=O)Nc2cnc(Nc3ccc(N4CCOCC4)cc3)nc2Oc2ccc(C(F)(F)F)cc2)cc(OC)c1. The van der Waals surface area contributed by atoms with E-state index in [-0.39, 0.29) is 23.3 Å². The molecule has 3 aromatic carbocycles. The minimum atomic E-state index is -4.50. The van der Waals surface area contributed by atoms with Crippen LogP contribution in [0.5, 0.6) is 23.1 Å². The van der Waals surface area contributed by atoms with Gasteiger partial charge >= 0.3 is 12.2 Å². The Labute approximate surface area is 250 Å². The zero-order valence-electron chi connectivity index (χ0n) is 23.8. The molecule has 2 heterocycles. The molecule has 0 aliphatic carbocycles. The monoisotopic (exact) mass is 610 g/mol. The van der Waals surface area contributed by atoms with E-state index in [1.807, 2.05) is 24.3 Å². The van der Waals surface area contributed by atoms with Crippen molar-refractivity contribution >= 4 is 34.7 Å². The number of hydrogen-bond donors (Lipinski definition) is 3. The number of morpholine rings is 1. The Kier molecular flexibility index (Phi) is 9.19. The summed E-state index contributed by atoms with van der Waals surface area (Å²) in [5.41, 5.74) is 1.34. The minimum absolute atomic E-state index is 0.0606. The number of halogens is 3. The van der Waals surface area contributed by atoms with Crippen LogP contribution in [0.25, 0.3) is 0 Å². The number of methoxy groups -OCH3 is 2. The van der Waals surface area contributed by atoms with Crippen molar-refractivity contribution in [2.75, 3.05) is 61.4 Å². The molecule has 1 fully saturated rings. The number of nitrogens with one attached hydrogen (secondary N) is 3. The zero-order chi connectivity index (χ0) is 31.1. The van der Waals surface area contributed by atoms with Crippen LogP contribution in [-0.2, 0) is 10.9 Å². The molecule has 0 saturated carbocycles. The molecule has 0 bridgehead atoms. The lowest BCUT2D eigenvalue weighted by molar-refractivity contribution is -0.137. The Morgan fingerprint density at radius 2 is 1.52 bits per heavy atom. The second-order valence-corrected chi connectivity index (χ2v) is 9.49. The number of benzene rings is 3. The summed E-state index contributed by atoms with van der Waals surface area (Å²) in [7, 11) is 2.96. The molecule has 230 valence electrons. The first kappa shape index (κ1) is 30.2. The van der Waals surface area contributed by atoms with Crippen molar-refractivity contribution in [1.29, 1.82) is 0 Å². The average molecular weight is 611 g/mol. The van der Waals surface area contributed by atoms with Crippen LogP contribution in [0.1, 0.15) is 5.56 Å². The normalized spacial score (nSPS) is 13.2. The minimum Gasteiger partial charge on any atom is -0.497 e. The number of carbonyl (C=O) groups excluding carboxylic acids is 1. The number of alkyl halides is 3. The lowest BCUT2D eigenvalue weighted by Crippen LogP contribution is -2.36. The van der Waals surface area contributed by atoms with Crippen molar-refractivity contribution in [2.24, 2.45) is 0 Å². The number of carbonyl (C=O) groups is 1.